The molecule has 0 aliphatic carbocycles. The van der Waals surface area contributed by atoms with Gasteiger partial charge in [-0.25, -0.2) is 0 Å². The minimum Gasteiger partial charge on any atom is -0.379 e. The highest BCUT2D eigenvalue weighted by atomic mass is 79.9. The topological polar surface area (TPSA) is 64.9 Å². The number of nitrogens with one attached hydrogen (secondary N) is 2. The van der Waals surface area contributed by atoms with Gasteiger partial charge in [-0.1, -0.05) is 6.07 Å². The van der Waals surface area contributed by atoms with E-state index in [-0.39, 0.29) is 11.9 Å². The second-order valence-corrected chi connectivity index (χ2v) is 4.81. The predicted molar refractivity (Wildman–Crippen MR) is 68.5 cm³/mol. The minimum atomic E-state index is 0.0952. The molecule has 0 radical (unpaired) electrons. The Labute approximate surface area is 108 Å². The van der Waals surface area contributed by atoms with Gasteiger partial charge in [0.25, 0.3) is 0 Å². The summed E-state index contributed by atoms with van der Waals surface area (Å²) in [6, 6.07) is 7.95. The molecule has 1 saturated heterocycles. The van der Waals surface area contributed by atoms with E-state index in [4.69, 9.17) is 5.26 Å². The van der Waals surface area contributed by atoms with Crippen LogP contribution in [0.4, 0.5) is 5.69 Å². The highest BCUT2D eigenvalue weighted by molar-refractivity contribution is 9.10. The molecule has 0 spiro atoms. The maximum Gasteiger partial charge on any atom is 0.220 e. The van der Waals surface area contributed by atoms with Crippen LogP contribution in [0.2, 0.25) is 0 Å². The maximum atomic E-state index is 11.0. The van der Waals surface area contributed by atoms with Crippen molar-refractivity contribution in [2.24, 2.45) is 0 Å². The first-order valence-electron chi connectivity index (χ1n) is 5.42. The molecule has 1 aromatic rings. The summed E-state index contributed by atoms with van der Waals surface area (Å²) in [5, 5.41) is 15.2. The lowest BCUT2D eigenvalue weighted by Crippen LogP contribution is -2.42. The van der Waals surface area contributed by atoms with Gasteiger partial charge in [-0.15, -0.1) is 0 Å². The SMILES string of the molecule is N#Cc1c(Br)cccc1NC1CCC(=O)NC1. The zero-order valence-electron chi connectivity index (χ0n) is 9.16. The van der Waals surface area contributed by atoms with Crippen molar-refractivity contribution in [1.82, 2.24) is 5.32 Å². The normalized spacial score (nSPS) is 19.3. The molecule has 1 aliphatic heterocycles. The molecule has 2 N–H and O–H groups in total. The molecule has 1 atom stereocenters. The first-order valence-corrected chi connectivity index (χ1v) is 6.22. The van der Waals surface area contributed by atoms with Crippen LogP contribution in [0.25, 0.3) is 0 Å². The molecule has 1 heterocycles. The second-order valence-electron chi connectivity index (χ2n) is 3.96. The Morgan fingerprint density at radius 1 is 1.53 bits per heavy atom. The number of anilines is 1. The summed E-state index contributed by atoms with van der Waals surface area (Å²) >= 11 is 3.35. The quantitative estimate of drug-likeness (QED) is 0.877. The van der Waals surface area contributed by atoms with Crippen molar-refractivity contribution < 1.29 is 4.79 Å². The van der Waals surface area contributed by atoms with E-state index in [0.717, 1.165) is 16.6 Å². The van der Waals surface area contributed by atoms with Crippen LogP contribution in [0.3, 0.4) is 0 Å². The van der Waals surface area contributed by atoms with Crippen LogP contribution in [0.15, 0.2) is 22.7 Å². The molecular weight excluding hydrogens is 282 g/mol. The molecule has 4 nitrogen and oxygen atoms in total. The fourth-order valence-corrected chi connectivity index (χ4v) is 2.29. The van der Waals surface area contributed by atoms with Crippen LogP contribution in [0.1, 0.15) is 18.4 Å². The first-order chi connectivity index (χ1) is 8.20. The van der Waals surface area contributed by atoms with Crippen LogP contribution < -0.4 is 10.6 Å². The fraction of sp³-hybridized carbons (Fsp3) is 0.333. The van der Waals surface area contributed by atoms with E-state index >= 15 is 0 Å². The molecule has 0 bridgehead atoms. The molecular formula is C12H12BrN3O. The third-order valence-corrected chi connectivity index (χ3v) is 3.41. The Morgan fingerprint density at radius 2 is 2.35 bits per heavy atom. The molecule has 1 amide bonds. The molecule has 1 fully saturated rings. The summed E-state index contributed by atoms with van der Waals surface area (Å²) in [5.41, 5.74) is 1.41. The summed E-state index contributed by atoms with van der Waals surface area (Å²) in [7, 11) is 0. The van der Waals surface area contributed by atoms with Crippen LogP contribution in [0, 0.1) is 11.3 Å². The standard InChI is InChI=1S/C12H12BrN3O/c13-10-2-1-3-11(9(10)6-14)16-8-4-5-12(17)15-7-8/h1-3,8,16H,4-5,7H2,(H,15,17). The fourth-order valence-electron chi connectivity index (χ4n) is 1.83. The number of nitrogens with zero attached hydrogens (tertiary/aromatic N) is 1. The van der Waals surface area contributed by atoms with Gasteiger partial charge in [-0.05, 0) is 34.5 Å². The number of benzene rings is 1. The van der Waals surface area contributed by atoms with Crippen LogP contribution in [-0.4, -0.2) is 18.5 Å². The van der Waals surface area contributed by atoms with Gasteiger partial charge in [-0.2, -0.15) is 5.26 Å². The molecule has 1 aliphatic rings. The zero-order chi connectivity index (χ0) is 12.3. The molecule has 2 rings (SSSR count). The van der Waals surface area contributed by atoms with E-state index in [2.05, 4.69) is 32.6 Å². The van der Waals surface area contributed by atoms with Crippen molar-refractivity contribution in [3.63, 3.8) is 0 Å². The van der Waals surface area contributed by atoms with Gasteiger partial charge in [0, 0.05) is 23.5 Å². The Morgan fingerprint density at radius 3 is 3.00 bits per heavy atom. The highest BCUT2D eigenvalue weighted by Gasteiger charge is 2.18. The third-order valence-electron chi connectivity index (χ3n) is 2.75. The zero-order valence-corrected chi connectivity index (χ0v) is 10.8. The van der Waals surface area contributed by atoms with Gasteiger partial charge >= 0.3 is 0 Å². The average molecular weight is 294 g/mol. The number of hydrogen-bond acceptors (Lipinski definition) is 3. The van der Waals surface area contributed by atoms with Gasteiger partial charge in [0.1, 0.15) is 6.07 Å². The lowest BCUT2D eigenvalue weighted by Gasteiger charge is -2.25. The third kappa shape index (κ3) is 2.77. The molecule has 17 heavy (non-hydrogen) atoms. The van der Waals surface area contributed by atoms with E-state index in [1.807, 2.05) is 18.2 Å². The van der Waals surface area contributed by atoms with Crippen molar-refractivity contribution in [3.05, 3.63) is 28.2 Å². The van der Waals surface area contributed by atoms with Gasteiger partial charge in [0.05, 0.1) is 11.3 Å². The van der Waals surface area contributed by atoms with Crippen molar-refractivity contribution in [2.75, 3.05) is 11.9 Å². The van der Waals surface area contributed by atoms with Crippen LogP contribution in [-0.2, 0) is 4.79 Å². The first kappa shape index (κ1) is 11.9. The molecule has 5 heteroatoms. The largest absolute Gasteiger partial charge is 0.379 e. The van der Waals surface area contributed by atoms with E-state index in [1.54, 1.807) is 0 Å². The van der Waals surface area contributed by atoms with Gasteiger partial charge in [0.15, 0.2) is 0 Å². The van der Waals surface area contributed by atoms with E-state index in [0.29, 0.717) is 18.5 Å². The smallest absolute Gasteiger partial charge is 0.220 e. The van der Waals surface area contributed by atoms with Crippen molar-refractivity contribution >= 4 is 27.5 Å². The number of carbonyl (C=O) groups is 1. The monoisotopic (exact) mass is 293 g/mol. The summed E-state index contributed by atoms with van der Waals surface area (Å²) in [6.07, 6.45) is 1.33. The summed E-state index contributed by atoms with van der Waals surface area (Å²) < 4.78 is 0.782. The summed E-state index contributed by atoms with van der Waals surface area (Å²) in [5.74, 6) is 0.0952. The Kier molecular flexibility index (Phi) is 3.64. The number of hydrogen-bond donors (Lipinski definition) is 2. The molecule has 1 unspecified atom stereocenters. The van der Waals surface area contributed by atoms with Gasteiger partial charge in [0.2, 0.25) is 5.91 Å². The number of piperidine rings is 1. The number of amides is 1. The van der Waals surface area contributed by atoms with E-state index < -0.39 is 0 Å². The number of nitriles is 1. The van der Waals surface area contributed by atoms with Crippen molar-refractivity contribution in [3.8, 4) is 6.07 Å². The Balaban J connectivity index is 2.11. The maximum absolute atomic E-state index is 11.0. The van der Waals surface area contributed by atoms with Crippen molar-refractivity contribution in [2.45, 2.75) is 18.9 Å². The second kappa shape index (κ2) is 5.19. The number of halogens is 1. The highest BCUT2D eigenvalue weighted by Crippen LogP contribution is 2.25. The Bertz CT molecular complexity index is 471. The van der Waals surface area contributed by atoms with Gasteiger partial charge in [-0.3, -0.25) is 4.79 Å². The van der Waals surface area contributed by atoms with E-state index in [9.17, 15) is 4.79 Å². The lowest BCUT2D eigenvalue weighted by molar-refractivity contribution is -0.122. The molecule has 0 saturated carbocycles. The summed E-state index contributed by atoms with van der Waals surface area (Å²) in [6.45, 7) is 0.607. The molecule has 0 aromatic heterocycles. The minimum absolute atomic E-state index is 0.0952. The van der Waals surface area contributed by atoms with Crippen LogP contribution in [0.5, 0.6) is 0 Å². The van der Waals surface area contributed by atoms with Crippen molar-refractivity contribution in [1.29, 1.82) is 5.26 Å². The van der Waals surface area contributed by atoms with E-state index in [1.165, 1.54) is 0 Å². The number of carbonyl (C=O) groups excluding carboxylic acids is 1. The molecule has 88 valence electrons. The Hall–Kier alpha value is -1.54. The lowest BCUT2D eigenvalue weighted by atomic mass is 10.1. The van der Waals surface area contributed by atoms with Gasteiger partial charge < -0.3 is 10.6 Å². The average Bonchev–Trinajstić information content (AvgIpc) is 2.32. The predicted octanol–water partition coefficient (Wildman–Crippen LogP) is 2.01. The molecule has 1 aromatic carbocycles. The number of rotatable bonds is 2. The van der Waals surface area contributed by atoms with Crippen LogP contribution >= 0.6 is 15.9 Å². The summed E-state index contributed by atoms with van der Waals surface area (Å²) in [4.78, 5) is 11.0.